The number of hydrogen-bond donors (Lipinski definition) is 2. The van der Waals surface area contributed by atoms with Crippen LogP contribution in [0, 0.1) is 16.7 Å². The normalized spacial score (nSPS) is 29.7. The fourth-order valence-corrected chi connectivity index (χ4v) is 5.97. The SMILES string of the molecule is CC1(C)C2CCC1(CS(=O)(=O)OC(=O)[C@H](N)CCCCN)C(=O)C2. The van der Waals surface area contributed by atoms with Crippen LogP contribution in [0.1, 0.15) is 52.4 Å². The summed E-state index contributed by atoms with van der Waals surface area (Å²) < 4.78 is 29.5. The molecule has 0 radical (unpaired) electrons. The highest BCUT2D eigenvalue weighted by atomic mass is 32.2. The van der Waals surface area contributed by atoms with Crippen molar-refractivity contribution < 1.29 is 22.2 Å². The monoisotopic (exact) mass is 360 g/mol. The number of nitrogens with two attached hydrogens (primary N) is 2. The molecule has 3 atom stereocenters. The van der Waals surface area contributed by atoms with E-state index in [0.29, 0.717) is 38.6 Å². The van der Waals surface area contributed by atoms with Gasteiger partial charge >= 0.3 is 16.1 Å². The Morgan fingerprint density at radius 2 is 2.04 bits per heavy atom. The number of fused-ring (bicyclic) bond motifs is 2. The number of hydrogen-bond acceptors (Lipinski definition) is 7. The zero-order valence-corrected chi connectivity index (χ0v) is 15.2. The summed E-state index contributed by atoms with van der Waals surface area (Å²) in [5.41, 5.74) is 9.71. The van der Waals surface area contributed by atoms with Crippen LogP contribution in [0.15, 0.2) is 0 Å². The van der Waals surface area contributed by atoms with E-state index in [0.717, 1.165) is 6.42 Å². The molecule has 2 saturated carbocycles. The number of rotatable bonds is 8. The lowest BCUT2D eigenvalue weighted by Gasteiger charge is -2.35. The van der Waals surface area contributed by atoms with Gasteiger partial charge in [0.05, 0.1) is 11.2 Å². The fraction of sp³-hybridized carbons (Fsp3) is 0.875. The van der Waals surface area contributed by atoms with E-state index in [1.54, 1.807) is 0 Å². The molecule has 0 amide bonds. The summed E-state index contributed by atoms with van der Waals surface area (Å²) in [6.07, 6.45) is 3.44. The second kappa shape index (κ2) is 6.72. The molecule has 0 aromatic heterocycles. The molecule has 0 saturated heterocycles. The summed E-state index contributed by atoms with van der Waals surface area (Å²) in [4.78, 5) is 24.3. The van der Waals surface area contributed by atoms with Crippen molar-refractivity contribution in [3.63, 3.8) is 0 Å². The molecule has 0 heterocycles. The second-order valence-electron chi connectivity index (χ2n) is 7.66. The van der Waals surface area contributed by atoms with Crippen molar-refractivity contribution in [1.82, 2.24) is 0 Å². The van der Waals surface area contributed by atoms with Crippen molar-refractivity contribution in [2.75, 3.05) is 12.3 Å². The van der Waals surface area contributed by atoms with Gasteiger partial charge in [-0.3, -0.25) is 4.79 Å². The number of carbonyl (C=O) groups excluding carboxylic acids is 2. The van der Waals surface area contributed by atoms with E-state index >= 15 is 0 Å². The lowest BCUT2D eigenvalue weighted by molar-refractivity contribution is -0.136. The highest BCUT2D eigenvalue weighted by Crippen LogP contribution is 2.64. The number of unbranched alkanes of at least 4 members (excludes halogenated alkanes) is 1. The van der Waals surface area contributed by atoms with Gasteiger partial charge < -0.3 is 15.7 Å². The van der Waals surface area contributed by atoms with Crippen LogP contribution in [0.4, 0.5) is 0 Å². The molecule has 138 valence electrons. The Labute approximate surface area is 143 Å². The van der Waals surface area contributed by atoms with Gasteiger partial charge in [-0.2, -0.15) is 8.42 Å². The van der Waals surface area contributed by atoms with Crippen LogP contribution in [-0.4, -0.2) is 38.5 Å². The van der Waals surface area contributed by atoms with Crippen LogP contribution >= 0.6 is 0 Å². The fourth-order valence-electron chi connectivity index (χ4n) is 4.25. The Morgan fingerprint density at radius 1 is 1.38 bits per heavy atom. The van der Waals surface area contributed by atoms with Crippen LogP contribution in [-0.2, 0) is 23.9 Å². The summed E-state index contributed by atoms with van der Waals surface area (Å²) >= 11 is 0. The first-order valence-electron chi connectivity index (χ1n) is 8.51. The summed E-state index contributed by atoms with van der Waals surface area (Å²) in [7, 11) is -4.16. The first kappa shape index (κ1) is 19.3. The molecule has 0 aliphatic heterocycles. The minimum Gasteiger partial charge on any atom is -0.344 e. The molecule has 2 aliphatic rings. The lowest BCUT2D eigenvalue weighted by Crippen LogP contribution is -2.44. The summed E-state index contributed by atoms with van der Waals surface area (Å²) in [5, 5.41) is 0. The molecule has 2 fully saturated rings. The zero-order chi connectivity index (χ0) is 18.2. The maximum atomic E-state index is 12.4. The Bertz CT molecular complexity index is 616. The van der Waals surface area contributed by atoms with E-state index in [9.17, 15) is 18.0 Å². The average molecular weight is 360 g/mol. The van der Waals surface area contributed by atoms with Crippen molar-refractivity contribution >= 4 is 21.9 Å². The van der Waals surface area contributed by atoms with Crippen LogP contribution in [0.3, 0.4) is 0 Å². The summed E-state index contributed by atoms with van der Waals surface area (Å²) in [6.45, 7) is 4.36. The Kier molecular flexibility index (Phi) is 5.42. The molecule has 8 heteroatoms. The van der Waals surface area contributed by atoms with Crippen LogP contribution in [0.2, 0.25) is 0 Å². The van der Waals surface area contributed by atoms with E-state index in [-0.39, 0.29) is 11.7 Å². The van der Waals surface area contributed by atoms with Gasteiger partial charge in [0, 0.05) is 6.42 Å². The molecule has 0 aromatic carbocycles. The lowest BCUT2D eigenvalue weighted by atomic mass is 9.70. The number of ketones is 1. The second-order valence-corrected chi connectivity index (χ2v) is 9.23. The van der Waals surface area contributed by atoms with Crippen LogP contribution < -0.4 is 11.5 Å². The topological polar surface area (TPSA) is 130 Å². The third-order valence-electron chi connectivity index (χ3n) is 6.04. The van der Waals surface area contributed by atoms with Crippen LogP contribution in [0.25, 0.3) is 0 Å². The third-order valence-corrected chi connectivity index (χ3v) is 7.31. The maximum Gasteiger partial charge on any atom is 0.338 e. The standard InChI is InChI=1S/C16H28N2O5S/c1-15(2)11-6-7-16(15,13(19)9-11)10-24(21,22)23-14(20)12(18)5-3-4-8-17/h11-12H,3-10,17-18H2,1-2H3/t11?,12-,16?/m1/s1. The highest BCUT2D eigenvalue weighted by Gasteiger charge is 2.65. The van der Waals surface area contributed by atoms with Gasteiger partial charge in [0.2, 0.25) is 0 Å². The Hall–Kier alpha value is -0.990. The molecule has 2 bridgehead atoms. The van der Waals surface area contributed by atoms with Crippen molar-refractivity contribution in [3.05, 3.63) is 0 Å². The largest absolute Gasteiger partial charge is 0.344 e. The first-order valence-corrected chi connectivity index (χ1v) is 10.1. The van der Waals surface area contributed by atoms with Crippen molar-refractivity contribution in [3.8, 4) is 0 Å². The number of Topliss-reactive ketones (excluding diaryl/α,β-unsaturated/α-hetero) is 1. The Morgan fingerprint density at radius 3 is 2.54 bits per heavy atom. The van der Waals surface area contributed by atoms with Crippen LogP contribution in [0.5, 0.6) is 0 Å². The molecule has 0 spiro atoms. The van der Waals surface area contributed by atoms with E-state index < -0.39 is 38.7 Å². The van der Waals surface area contributed by atoms with E-state index in [4.69, 9.17) is 15.7 Å². The Balaban J connectivity index is 2.04. The molecule has 0 aromatic rings. The minimum atomic E-state index is -4.16. The van der Waals surface area contributed by atoms with Crippen molar-refractivity contribution in [1.29, 1.82) is 0 Å². The maximum absolute atomic E-state index is 12.4. The van der Waals surface area contributed by atoms with Crippen molar-refractivity contribution in [2.24, 2.45) is 28.2 Å². The molecular weight excluding hydrogens is 332 g/mol. The molecular formula is C16H28N2O5S. The molecule has 2 aliphatic carbocycles. The number of carbonyl (C=O) groups is 2. The quantitative estimate of drug-likeness (QED) is 0.481. The van der Waals surface area contributed by atoms with E-state index in [2.05, 4.69) is 0 Å². The molecule has 24 heavy (non-hydrogen) atoms. The highest BCUT2D eigenvalue weighted by molar-refractivity contribution is 7.87. The van der Waals surface area contributed by atoms with Gasteiger partial charge in [-0.25, -0.2) is 4.79 Å². The summed E-state index contributed by atoms with van der Waals surface area (Å²) in [6, 6.07) is -0.993. The molecule has 2 unspecified atom stereocenters. The third kappa shape index (κ3) is 3.36. The van der Waals surface area contributed by atoms with Gasteiger partial charge in [-0.05, 0) is 43.6 Å². The molecule has 2 rings (SSSR count). The molecule has 7 nitrogen and oxygen atoms in total. The van der Waals surface area contributed by atoms with Gasteiger partial charge in [0.15, 0.2) is 0 Å². The molecule has 4 N–H and O–H groups in total. The van der Waals surface area contributed by atoms with E-state index in [1.165, 1.54) is 0 Å². The predicted molar refractivity (Wildman–Crippen MR) is 89.3 cm³/mol. The summed E-state index contributed by atoms with van der Waals surface area (Å²) in [5.74, 6) is -1.23. The minimum absolute atomic E-state index is 0.0318. The first-order chi connectivity index (χ1) is 11.1. The van der Waals surface area contributed by atoms with Gasteiger partial charge in [0.25, 0.3) is 0 Å². The average Bonchev–Trinajstić information content (AvgIpc) is 2.80. The predicted octanol–water partition coefficient (Wildman–Crippen LogP) is 0.711. The van der Waals surface area contributed by atoms with Gasteiger partial charge in [-0.15, -0.1) is 0 Å². The van der Waals surface area contributed by atoms with E-state index in [1.807, 2.05) is 13.8 Å². The van der Waals surface area contributed by atoms with Gasteiger partial charge in [0.1, 0.15) is 11.8 Å². The zero-order valence-electron chi connectivity index (χ0n) is 14.4. The smallest absolute Gasteiger partial charge is 0.338 e. The van der Waals surface area contributed by atoms with Gasteiger partial charge in [-0.1, -0.05) is 20.3 Å². The van der Waals surface area contributed by atoms with Crippen molar-refractivity contribution in [2.45, 2.75) is 58.4 Å².